The van der Waals surface area contributed by atoms with Crippen LogP contribution < -0.4 is 0 Å². The Morgan fingerprint density at radius 1 is 1.12 bits per heavy atom. The molecule has 0 bridgehead atoms. The van der Waals surface area contributed by atoms with Crippen LogP contribution >= 0.6 is 0 Å². The van der Waals surface area contributed by atoms with Crippen molar-refractivity contribution in [3.8, 4) is 0 Å². The summed E-state index contributed by atoms with van der Waals surface area (Å²) in [5, 5.41) is 0. The van der Waals surface area contributed by atoms with Crippen LogP contribution in [0.2, 0.25) is 0 Å². The van der Waals surface area contributed by atoms with Gasteiger partial charge in [-0.2, -0.15) is 20.8 Å². The van der Waals surface area contributed by atoms with Crippen molar-refractivity contribution < 1.29 is 29.1 Å². The summed E-state index contributed by atoms with van der Waals surface area (Å²) in [6.45, 7) is 14.7. The summed E-state index contributed by atoms with van der Waals surface area (Å²) in [4.78, 5) is 23.1. The van der Waals surface area contributed by atoms with Gasteiger partial charge in [-0.1, -0.05) is 0 Å². The first-order valence-corrected chi connectivity index (χ1v) is 4.09. The molecule has 1 radical (unpaired) electrons. The Hall–Kier alpha value is -0.957. The maximum Gasteiger partial charge on any atom is 3.00 e. The SMILES string of the molecule is C[C-](C)C.Cc1ccncn1.[CH-]=O.[CH-]=O.[Ru+3]. The molecule has 0 aliphatic carbocycles. The topological polar surface area (TPSA) is 59.9 Å². The number of aromatic nitrogens is 2. The van der Waals surface area contributed by atoms with Crippen LogP contribution in [0.1, 0.15) is 26.5 Å². The monoisotopic (exact) mass is 311 g/mol. The van der Waals surface area contributed by atoms with Gasteiger partial charge in [-0.15, -0.1) is 0 Å². The zero-order valence-electron chi connectivity index (χ0n) is 9.95. The van der Waals surface area contributed by atoms with Gasteiger partial charge in [-0.3, -0.25) is 13.6 Å². The van der Waals surface area contributed by atoms with Gasteiger partial charge in [0, 0.05) is 11.9 Å². The molecule has 91 valence electrons. The predicted molar refractivity (Wildman–Crippen MR) is 60.5 cm³/mol. The minimum atomic E-state index is 0. The van der Waals surface area contributed by atoms with Crippen LogP contribution in [0.3, 0.4) is 0 Å². The average Bonchev–Trinajstić information content (AvgIpc) is 2.24. The van der Waals surface area contributed by atoms with Crippen molar-refractivity contribution in [3.05, 3.63) is 30.2 Å². The zero-order chi connectivity index (χ0) is 12.7. The van der Waals surface area contributed by atoms with Gasteiger partial charge in [0.2, 0.25) is 0 Å². The van der Waals surface area contributed by atoms with E-state index in [1.165, 1.54) is 12.2 Å². The van der Waals surface area contributed by atoms with E-state index >= 15 is 0 Å². The van der Waals surface area contributed by atoms with Crippen LogP contribution in [0.15, 0.2) is 18.6 Å². The van der Waals surface area contributed by atoms with E-state index in [0.29, 0.717) is 0 Å². The molecule has 0 saturated carbocycles. The summed E-state index contributed by atoms with van der Waals surface area (Å²) in [5.41, 5.74) is 1.01. The third-order valence-corrected chi connectivity index (χ3v) is 0.730. The molecule has 0 aliphatic heterocycles. The van der Waals surface area contributed by atoms with Crippen molar-refractivity contribution >= 4 is 13.6 Å². The van der Waals surface area contributed by atoms with Crippen LogP contribution in [0.4, 0.5) is 0 Å². The van der Waals surface area contributed by atoms with E-state index < -0.39 is 0 Å². The van der Waals surface area contributed by atoms with E-state index in [9.17, 15) is 0 Å². The molecule has 0 unspecified atom stereocenters. The Labute approximate surface area is 111 Å². The second-order valence-electron chi connectivity index (χ2n) is 2.85. The van der Waals surface area contributed by atoms with Crippen LogP contribution in [-0.4, -0.2) is 23.5 Å². The largest absolute Gasteiger partial charge is 3.00 e. The maximum atomic E-state index is 7.75. The minimum absolute atomic E-state index is 0. The van der Waals surface area contributed by atoms with Gasteiger partial charge in [0.05, 0.1) is 0 Å². The van der Waals surface area contributed by atoms with Crippen molar-refractivity contribution in [1.29, 1.82) is 0 Å². The van der Waals surface area contributed by atoms with Gasteiger partial charge in [0.15, 0.2) is 0 Å². The molecule has 1 aromatic rings. The van der Waals surface area contributed by atoms with Gasteiger partial charge in [0.1, 0.15) is 6.33 Å². The van der Waals surface area contributed by atoms with Crippen LogP contribution in [0.25, 0.3) is 0 Å². The number of carbonyl (C=O) groups excluding carboxylic acids is 2. The second kappa shape index (κ2) is 23.7. The number of hydrogen-bond donors (Lipinski definition) is 0. The Bertz CT molecular complexity index is 204. The molecule has 0 N–H and O–H groups in total. The standard InChI is InChI=1S/C5H6N2.C4H9.2CHO.Ru/c1-5-2-3-6-4-7-5;1-4(2)3;2*1-2;/h2-4H,1H3;1-3H3;2*1H;/q;3*-1;+3. The number of rotatable bonds is 0. The second-order valence-corrected chi connectivity index (χ2v) is 2.85. The molecule has 16 heavy (non-hydrogen) atoms. The van der Waals surface area contributed by atoms with Crippen LogP contribution in [0.5, 0.6) is 0 Å². The third kappa shape index (κ3) is 38.1. The molecule has 0 aromatic carbocycles. The third-order valence-electron chi connectivity index (χ3n) is 0.730. The van der Waals surface area contributed by atoms with E-state index in [-0.39, 0.29) is 19.5 Å². The van der Waals surface area contributed by atoms with E-state index in [4.69, 9.17) is 9.59 Å². The van der Waals surface area contributed by atoms with E-state index in [0.717, 1.165) is 5.69 Å². The van der Waals surface area contributed by atoms with Crippen LogP contribution in [0, 0.1) is 12.8 Å². The fraction of sp³-hybridized carbons (Fsp3) is 0.364. The summed E-state index contributed by atoms with van der Waals surface area (Å²) in [6, 6.07) is 1.86. The molecule has 0 amide bonds. The molecule has 1 heterocycles. The number of nitrogens with zero attached hydrogens (tertiary/aromatic N) is 2. The average molecular weight is 310 g/mol. The van der Waals surface area contributed by atoms with Crippen molar-refractivity contribution in [2.24, 2.45) is 0 Å². The van der Waals surface area contributed by atoms with Gasteiger partial charge in [0.25, 0.3) is 0 Å². The summed E-state index contributed by atoms with van der Waals surface area (Å²) < 4.78 is 0. The zero-order valence-corrected chi connectivity index (χ0v) is 11.7. The Morgan fingerprint density at radius 2 is 1.50 bits per heavy atom. The fourth-order valence-electron chi connectivity index (χ4n) is 0.357. The number of aryl methyl sites for hydroxylation is 1. The molecule has 1 aromatic heterocycles. The molecule has 0 fully saturated rings. The summed E-state index contributed by atoms with van der Waals surface area (Å²) in [7, 11) is 0. The van der Waals surface area contributed by atoms with E-state index in [1.54, 1.807) is 6.20 Å². The first-order valence-electron chi connectivity index (χ1n) is 4.09. The number of hydrogen-bond acceptors (Lipinski definition) is 4. The van der Waals surface area contributed by atoms with Gasteiger partial charge >= 0.3 is 19.5 Å². The predicted octanol–water partition coefficient (Wildman–Crippen LogP) is 1.85. The minimum Gasteiger partial charge on any atom is -0.545 e. The van der Waals surface area contributed by atoms with E-state index in [1.807, 2.05) is 13.0 Å². The van der Waals surface area contributed by atoms with Crippen LogP contribution in [-0.2, 0) is 29.1 Å². The van der Waals surface area contributed by atoms with Crippen molar-refractivity contribution in [2.45, 2.75) is 27.7 Å². The van der Waals surface area contributed by atoms with Gasteiger partial charge in [-0.25, -0.2) is 9.97 Å². The molecule has 1 rings (SSSR count). The van der Waals surface area contributed by atoms with E-state index in [2.05, 4.69) is 44.3 Å². The Morgan fingerprint density at radius 3 is 1.62 bits per heavy atom. The normalized spacial score (nSPS) is 6.56. The van der Waals surface area contributed by atoms with Crippen molar-refractivity contribution in [2.75, 3.05) is 0 Å². The molecule has 0 saturated heterocycles. The summed E-state index contributed by atoms with van der Waals surface area (Å²) in [5.74, 6) is 1.42. The Balaban J connectivity index is -0.0000000702. The van der Waals surface area contributed by atoms with Crippen molar-refractivity contribution in [1.82, 2.24) is 9.97 Å². The molecular weight excluding hydrogens is 293 g/mol. The summed E-state index contributed by atoms with van der Waals surface area (Å²) >= 11 is 0. The smallest absolute Gasteiger partial charge is 0.545 e. The van der Waals surface area contributed by atoms with Crippen molar-refractivity contribution in [3.63, 3.8) is 0 Å². The maximum absolute atomic E-state index is 7.75. The molecule has 0 spiro atoms. The molecular formula is C11H17N2O2Ru. The first-order chi connectivity index (χ1) is 7.13. The first kappa shape index (κ1) is 24.3. The Kier molecular flexibility index (Phi) is 36.0. The van der Waals surface area contributed by atoms with Gasteiger partial charge in [-0.05, 0) is 13.0 Å². The molecule has 0 aliphatic rings. The fourth-order valence-corrected chi connectivity index (χ4v) is 0.357. The van der Waals surface area contributed by atoms with Gasteiger partial charge < -0.3 is 15.5 Å². The quantitative estimate of drug-likeness (QED) is 0.417. The summed E-state index contributed by atoms with van der Waals surface area (Å²) in [6.07, 6.45) is 3.26. The molecule has 4 nitrogen and oxygen atoms in total. The molecule has 5 heteroatoms. The molecule has 0 atom stereocenters.